The molecular weight excluding hydrogens is 226 g/mol. The van der Waals surface area contributed by atoms with Gasteiger partial charge in [-0.15, -0.1) is 0 Å². The number of hydrogen-bond acceptors (Lipinski definition) is 2. The van der Waals surface area contributed by atoms with Crippen molar-refractivity contribution in [3.8, 4) is 11.3 Å². The summed E-state index contributed by atoms with van der Waals surface area (Å²) in [6.45, 7) is 2.12. The number of benzene rings is 1. The van der Waals surface area contributed by atoms with Crippen molar-refractivity contribution >= 4 is 10.9 Å². The van der Waals surface area contributed by atoms with Crippen LogP contribution in [0.2, 0.25) is 0 Å². The largest absolute Gasteiger partial charge is 0.396 e. The Morgan fingerprint density at radius 2 is 2.11 bits per heavy atom. The second kappa shape index (κ2) is 4.31. The van der Waals surface area contributed by atoms with Crippen molar-refractivity contribution in [1.29, 1.82) is 0 Å². The number of para-hydroxylation sites is 1. The number of nitrogens with one attached hydrogen (secondary N) is 2. The molecule has 0 saturated heterocycles. The zero-order chi connectivity index (χ0) is 12.5. The maximum atomic E-state index is 8.96. The van der Waals surface area contributed by atoms with Crippen LogP contribution in [0.3, 0.4) is 0 Å². The highest BCUT2D eigenvalue weighted by atomic mass is 16.3. The summed E-state index contributed by atoms with van der Waals surface area (Å²) >= 11 is 0. The smallest absolute Gasteiger partial charge is 0.109 e. The lowest BCUT2D eigenvalue weighted by atomic mass is 10.1. The molecule has 18 heavy (non-hydrogen) atoms. The van der Waals surface area contributed by atoms with Crippen LogP contribution in [0.1, 0.15) is 11.5 Å². The van der Waals surface area contributed by atoms with E-state index in [4.69, 9.17) is 5.11 Å². The molecule has 4 heteroatoms. The first-order chi connectivity index (χ1) is 8.79. The lowest BCUT2D eigenvalue weighted by Crippen LogP contribution is -1.92. The Labute approximate surface area is 105 Å². The van der Waals surface area contributed by atoms with E-state index in [2.05, 4.69) is 27.1 Å². The minimum absolute atomic E-state index is 0.111. The summed E-state index contributed by atoms with van der Waals surface area (Å²) < 4.78 is 0. The third-order valence-electron chi connectivity index (χ3n) is 3.13. The molecule has 0 atom stereocenters. The molecular formula is C14H15N3O. The average Bonchev–Trinajstić information content (AvgIpc) is 2.93. The highest BCUT2D eigenvalue weighted by Crippen LogP contribution is 2.29. The van der Waals surface area contributed by atoms with Crippen molar-refractivity contribution in [3.05, 3.63) is 42.0 Å². The summed E-state index contributed by atoms with van der Waals surface area (Å²) in [5.74, 6) is 0.829. The van der Waals surface area contributed by atoms with Gasteiger partial charge in [-0.3, -0.25) is 0 Å². The molecule has 0 aliphatic carbocycles. The number of aliphatic hydroxyl groups is 1. The van der Waals surface area contributed by atoms with Gasteiger partial charge in [0.2, 0.25) is 0 Å². The van der Waals surface area contributed by atoms with E-state index >= 15 is 0 Å². The summed E-state index contributed by atoms with van der Waals surface area (Å²) in [4.78, 5) is 11.0. The highest BCUT2D eigenvalue weighted by molar-refractivity contribution is 5.95. The van der Waals surface area contributed by atoms with Crippen LogP contribution in [-0.2, 0) is 6.42 Å². The zero-order valence-corrected chi connectivity index (χ0v) is 10.2. The number of imidazole rings is 1. The Morgan fingerprint density at radius 1 is 1.28 bits per heavy atom. The highest BCUT2D eigenvalue weighted by Gasteiger charge is 2.12. The molecule has 2 aromatic heterocycles. The van der Waals surface area contributed by atoms with Crippen molar-refractivity contribution in [1.82, 2.24) is 15.0 Å². The van der Waals surface area contributed by atoms with Crippen LogP contribution in [0.15, 0.2) is 30.5 Å². The van der Waals surface area contributed by atoms with E-state index in [1.54, 1.807) is 0 Å². The van der Waals surface area contributed by atoms with Crippen LogP contribution in [0.4, 0.5) is 0 Å². The molecule has 3 N–H and O–H groups in total. The molecule has 4 nitrogen and oxygen atoms in total. The Bertz CT molecular complexity index is 681. The van der Waals surface area contributed by atoms with Gasteiger partial charge in [0.15, 0.2) is 0 Å². The molecule has 0 aliphatic rings. The maximum absolute atomic E-state index is 8.96. The Hall–Kier alpha value is -2.07. The molecule has 0 unspecified atom stereocenters. The standard InChI is InChI=1S/C14H15N3O/c1-9-14(17-13(16-9)6-7-18)11-8-15-12-5-3-2-4-10(11)12/h2-5,8,15,18H,6-7H2,1H3,(H,16,17). The molecule has 2 heterocycles. The van der Waals surface area contributed by atoms with Gasteiger partial charge in [-0.25, -0.2) is 4.98 Å². The lowest BCUT2D eigenvalue weighted by Gasteiger charge is -1.95. The van der Waals surface area contributed by atoms with Gasteiger partial charge in [-0.05, 0) is 13.0 Å². The van der Waals surface area contributed by atoms with Gasteiger partial charge < -0.3 is 15.1 Å². The van der Waals surface area contributed by atoms with Gasteiger partial charge in [0.25, 0.3) is 0 Å². The first-order valence-electron chi connectivity index (χ1n) is 6.02. The number of fused-ring (bicyclic) bond motifs is 1. The third-order valence-corrected chi connectivity index (χ3v) is 3.13. The summed E-state index contributed by atoms with van der Waals surface area (Å²) in [6, 6.07) is 8.17. The molecule has 0 bridgehead atoms. The molecule has 92 valence electrons. The van der Waals surface area contributed by atoms with Crippen LogP contribution < -0.4 is 0 Å². The number of aromatic nitrogens is 3. The molecule has 1 aromatic carbocycles. The van der Waals surface area contributed by atoms with Crippen molar-refractivity contribution < 1.29 is 5.11 Å². The van der Waals surface area contributed by atoms with Crippen LogP contribution in [0, 0.1) is 6.92 Å². The number of nitrogens with zero attached hydrogens (tertiary/aromatic N) is 1. The number of aryl methyl sites for hydroxylation is 1. The predicted molar refractivity (Wildman–Crippen MR) is 71.4 cm³/mol. The predicted octanol–water partition coefficient (Wildman–Crippen LogP) is 2.40. The van der Waals surface area contributed by atoms with Crippen molar-refractivity contribution in [2.24, 2.45) is 0 Å². The van der Waals surface area contributed by atoms with Crippen LogP contribution in [-0.4, -0.2) is 26.7 Å². The Balaban J connectivity index is 2.14. The van der Waals surface area contributed by atoms with E-state index in [-0.39, 0.29) is 6.61 Å². The fourth-order valence-electron chi connectivity index (χ4n) is 2.28. The first-order valence-corrected chi connectivity index (χ1v) is 6.02. The Kier molecular flexibility index (Phi) is 2.64. The number of rotatable bonds is 3. The summed E-state index contributed by atoms with van der Waals surface area (Å²) in [6.07, 6.45) is 2.54. The molecule has 0 saturated carbocycles. The first kappa shape index (κ1) is 11.0. The molecule has 0 radical (unpaired) electrons. The second-order valence-corrected chi connectivity index (χ2v) is 4.38. The molecule has 3 rings (SSSR count). The SMILES string of the molecule is Cc1[nH]c(CCO)nc1-c1c[nH]c2ccccc12. The quantitative estimate of drug-likeness (QED) is 0.659. The third kappa shape index (κ3) is 1.71. The summed E-state index contributed by atoms with van der Waals surface area (Å²) in [5, 5.41) is 10.1. The van der Waals surface area contributed by atoms with Gasteiger partial charge >= 0.3 is 0 Å². The minimum Gasteiger partial charge on any atom is -0.396 e. The zero-order valence-electron chi connectivity index (χ0n) is 10.2. The molecule has 0 spiro atoms. The van der Waals surface area contributed by atoms with Crippen LogP contribution in [0.5, 0.6) is 0 Å². The summed E-state index contributed by atoms with van der Waals surface area (Å²) in [5.41, 5.74) is 4.20. The van der Waals surface area contributed by atoms with E-state index in [1.807, 2.05) is 25.3 Å². The topological polar surface area (TPSA) is 64.7 Å². The number of H-pyrrole nitrogens is 2. The number of aromatic amines is 2. The van der Waals surface area contributed by atoms with Gasteiger partial charge in [0.1, 0.15) is 5.82 Å². The van der Waals surface area contributed by atoms with Gasteiger partial charge in [-0.1, -0.05) is 18.2 Å². The van der Waals surface area contributed by atoms with Gasteiger partial charge in [-0.2, -0.15) is 0 Å². The Morgan fingerprint density at radius 3 is 2.94 bits per heavy atom. The monoisotopic (exact) mass is 241 g/mol. The maximum Gasteiger partial charge on any atom is 0.109 e. The van der Waals surface area contributed by atoms with Gasteiger partial charge in [0.05, 0.1) is 12.3 Å². The van der Waals surface area contributed by atoms with E-state index < -0.39 is 0 Å². The molecule has 3 aromatic rings. The van der Waals surface area contributed by atoms with E-state index in [1.165, 1.54) is 5.39 Å². The normalized spacial score (nSPS) is 11.2. The fourth-order valence-corrected chi connectivity index (χ4v) is 2.28. The van der Waals surface area contributed by atoms with Crippen molar-refractivity contribution in [2.75, 3.05) is 6.61 Å². The molecule has 0 aliphatic heterocycles. The number of aliphatic hydroxyl groups excluding tert-OH is 1. The molecule has 0 amide bonds. The molecule has 0 fully saturated rings. The van der Waals surface area contributed by atoms with E-state index in [9.17, 15) is 0 Å². The van der Waals surface area contributed by atoms with E-state index in [0.29, 0.717) is 6.42 Å². The van der Waals surface area contributed by atoms with E-state index in [0.717, 1.165) is 28.3 Å². The van der Waals surface area contributed by atoms with Crippen molar-refractivity contribution in [2.45, 2.75) is 13.3 Å². The fraction of sp³-hybridized carbons (Fsp3) is 0.214. The van der Waals surface area contributed by atoms with Crippen molar-refractivity contribution in [3.63, 3.8) is 0 Å². The van der Waals surface area contributed by atoms with Crippen LogP contribution in [0.25, 0.3) is 22.2 Å². The average molecular weight is 241 g/mol. The lowest BCUT2D eigenvalue weighted by molar-refractivity contribution is 0.297. The number of hydrogen-bond donors (Lipinski definition) is 3. The second-order valence-electron chi connectivity index (χ2n) is 4.38. The van der Waals surface area contributed by atoms with Crippen LogP contribution >= 0.6 is 0 Å². The van der Waals surface area contributed by atoms with Gasteiger partial charge in [0, 0.05) is 34.8 Å². The summed E-state index contributed by atoms with van der Waals surface area (Å²) in [7, 11) is 0. The minimum atomic E-state index is 0.111.